The first-order valence-electron chi connectivity index (χ1n) is 13.7. The number of nitrogens with zero attached hydrogens (tertiary/aromatic N) is 2. The average Bonchev–Trinajstić information content (AvgIpc) is 3.87. The lowest BCUT2D eigenvalue weighted by atomic mass is 9.83. The highest BCUT2D eigenvalue weighted by molar-refractivity contribution is 7.18. The molecule has 2 aromatic carbocycles. The average molecular weight is 533 g/mol. The van der Waals surface area contributed by atoms with Gasteiger partial charge in [-0.05, 0) is 75.0 Å². The lowest BCUT2D eigenvalue weighted by Crippen LogP contribution is -2.34. The third-order valence-electron chi connectivity index (χ3n) is 8.33. The van der Waals surface area contributed by atoms with E-state index in [1.54, 1.807) is 18.2 Å². The van der Waals surface area contributed by atoms with E-state index in [9.17, 15) is 15.3 Å². The predicted molar refractivity (Wildman–Crippen MR) is 144 cm³/mol. The number of fused-ring (bicyclic) bond motifs is 1. The summed E-state index contributed by atoms with van der Waals surface area (Å²) in [4.78, 5) is 4.67. The molecule has 2 heterocycles. The molecular formula is C30H32N2O5S. The molecule has 3 saturated carbocycles. The first kappa shape index (κ1) is 24.4. The standard InChI is InChI=1S/C30H32N2O5S/c33-28(34)19-9-10-24-25(15-19)38-29(31-24)30(35)13-11-20(12-14-30)36-16-23-26(32-37-27(23)18-7-8-18)22-4-2-1-3-21(22)17-5-6-17/h1-4,9-10,15,17-18,20,28,33-35H,5-8,11-14,16H2/t20-,30+. The van der Waals surface area contributed by atoms with E-state index in [1.807, 2.05) is 0 Å². The van der Waals surface area contributed by atoms with Gasteiger partial charge < -0.3 is 24.6 Å². The molecule has 4 aromatic rings. The van der Waals surface area contributed by atoms with Crippen LogP contribution in [0.5, 0.6) is 0 Å². The van der Waals surface area contributed by atoms with Gasteiger partial charge in [0.1, 0.15) is 22.1 Å². The molecule has 0 saturated heterocycles. The molecule has 0 aliphatic heterocycles. The molecule has 0 atom stereocenters. The SMILES string of the molecule is OC(O)c1ccc2nc([C@]3(O)CC[C@@H](OCc4c(-c5ccccc5C5CC5)noc4C4CC4)CC3)sc2c1. The zero-order chi connectivity index (χ0) is 25.9. The molecule has 3 aliphatic carbocycles. The Hall–Kier alpha value is -2.62. The van der Waals surface area contributed by atoms with Gasteiger partial charge in [-0.15, -0.1) is 11.3 Å². The van der Waals surface area contributed by atoms with E-state index in [0.29, 0.717) is 41.9 Å². The van der Waals surface area contributed by atoms with E-state index >= 15 is 0 Å². The molecule has 0 amide bonds. The number of aliphatic hydroxyl groups excluding tert-OH is 1. The summed E-state index contributed by atoms with van der Waals surface area (Å²) < 4.78 is 13.2. The maximum atomic E-state index is 11.5. The van der Waals surface area contributed by atoms with E-state index < -0.39 is 11.9 Å². The predicted octanol–water partition coefficient (Wildman–Crippen LogP) is 6.04. The third kappa shape index (κ3) is 4.58. The summed E-state index contributed by atoms with van der Waals surface area (Å²) in [7, 11) is 0. The number of thiazole rings is 1. The lowest BCUT2D eigenvalue weighted by Gasteiger charge is -2.34. The lowest BCUT2D eigenvalue weighted by molar-refractivity contribution is -0.0640. The number of rotatable bonds is 8. The van der Waals surface area contributed by atoms with E-state index in [2.05, 4.69) is 34.4 Å². The van der Waals surface area contributed by atoms with Crippen LogP contribution in [-0.2, 0) is 16.9 Å². The monoisotopic (exact) mass is 532 g/mol. The quantitative estimate of drug-likeness (QED) is 0.238. The van der Waals surface area contributed by atoms with Gasteiger partial charge in [-0.3, -0.25) is 0 Å². The fourth-order valence-electron chi connectivity index (χ4n) is 5.75. The summed E-state index contributed by atoms with van der Waals surface area (Å²) in [6.45, 7) is 0.472. The van der Waals surface area contributed by atoms with Crippen LogP contribution >= 0.6 is 11.3 Å². The number of aliphatic hydroxyl groups is 3. The molecule has 0 unspecified atom stereocenters. The fourth-order valence-corrected chi connectivity index (χ4v) is 6.91. The van der Waals surface area contributed by atoms with E-state index in [1.165, 1.54) is 35.3 Å². The Morgan fingerprint density at radius 3 is 2.50 bits per heavy atom. The zero-order valence-electron chi connectivity index (χ0n) is 21.2. The highest BCUT2D eigenvalue weighted by Crippen LogP contribution is 2.48. The summed E-state index contributed by atoms with van der Waals surface area (Å²) in [6, 6.07) is 13.7. The van der Waals surface area contributed by atoms with Crippen LogP contribution in [0.25, 0.3) is 21.5 Å². The Balaban J connectivity index is 1.06. The van der Waals surface area contributed by atoms with E-state index in [-0.39, 0.29) is 6.10 Å². The maximum absolute atomic E-state index is 11.5. The van der Waals surface area contributed by atoms with Gasteiger partial charge >= 0.3 is 0 Å². The van der Waals surface area contributed by atoms with Gasteiger partial charge in [-0.2, -0.15) is 0 Å². The van der Waals surface area contributed by atoms with Crippen LogP contribution in [0.2, 0.25) is 0 Å². The molecule has 198 valence electrons. The van der Waals surface area contributed by atoms with Gasteiger partial charge in [0.2, 0.25) is 0 Å². The smallest absolute Gasteiger partial charge is 0.178 e. The molecule has 8 heteroatoms. The maximum Gasteiger partial charge on any atom is 0.178 e. The summed E-state index contributed by atoms with van der Waals surface area (Å²) in [5.41, 5.74) is 4.76. The van der Waals surface area contributed by atoms with Gasteiger partial charge in [0.25, 0.3) is 0 Å². The largest absolute Gasteiger partial charge is 0.383 e. The Morgan fingerprint density at radius 1 is 1.00 bits per heavy atom. The molecule has 2 aromatic heterocycles. The van der Waals surface area contributed by atoms with Gasteiger partial charge in [0, 0.05) is 22.6 Å². The number of ether oxygens (including phenoxy) is 1. The van der Waals surface area contributed by atoms with Crippen LogP contribution in [0, 0.1) is 0 Å². The van der Waals surface area contributed by atoms with Gasteiger partial charge in [-0.1, -0.05) is 35.5 Å². The van der Waals surface area contributed by atoms with Crippen LogP contribution in [0.4, 0.5) is 0 Å². The summed E-state index contributed by atoms with van der Waals surface area (Å²) in [5.74, 6) is 2.06. The number of benzene rings is 2. The molecular weight excluding hydrogens is 500 g/mol. The van der Waals surface area contributed by atoms with Gasteiger partial charge in [0.15, 0.2) is 6.29 Å². The first-order chi connectivity index (χ1) is 18.5. The minimum Gasteiger partial charge on any atom is -0.383 e. The summed E-state index contributed by atoms with van der Waals surface area (Å²) >= 11 is 1.42. The molecule has 0 radical (unpaired) electrons. The number of hydrogen-bond acceptors (Lipinski definition) is 8. The van der Waals surface area contributed by atoms with Crippen molar-refractivity contribution in [1.82, 2.24) is 10.1 Å². The molecule has 38 heavy (non-hydrogen) atoms. The zero-order valence-corrected chi connectivity index (χ0v) is 22.0. The van der Waals surface area contributed by atoms with Crippen LogP contribution in [-0.4, -0.2) is 31.6 Å². The molecule has 3 N–H and O–H groups in total. The molecule has 0 bridgehead atoms. The minimum atomic E-state index is -1.52. The molecule has 7 rings (SSSR count). The summed E-state index contributed by atoms with van der Waals surface area (Å²) in [6.07, 6.45) is 5.92. The second-order valence-electron chi connectivity index (χ2n) is 11.2. The Kier molecular flexibility index (Phi) is 6.13. The van der Waals surface area contributed by atoms with Crippen molar-refractivity contribution in [3.8, 4) is 11.3 Å². The van der Waals surface area contributed by atoms with E-state index in [0.717, 1.165) is 52.9 Å². The van der Waals surface area contributed by atoms with Crippen molar-refractivity contribution in [3.63, 3.8) is 0 Å². The van der Waals surface area contributed by atoms with Crippen LogP contribution in [0.15, 0.2) is 47.0 Å². The molecule has 3 aliphatic rings. The van der Waals surface area contributed by atoms with E-state index in [4.69, 9.17) is 9.26 Å². The minimum absolute atomic E-state index is 0.0503. The van der Waals surface area contributed by atoms with Crippen LogP contribution < -0.4 is 0 Å². The fraction of sp³-hybridized carbons (Fsp3) is 0.467. The van der Waals surface area contributed by atoms with Crippen molar-refractivity contribution < 1.29 is 24.6 Å². The van der Waals surface area contributed by atoms with Gasteiger partial charge in [-0.25, -0.2) is 4.98 Å². The van der Waals surface area contributed by atoms with Crippen LogP contribution in [0.1, 0.15) is 97.0 Å². The van der Waals surface area contributed by atoms with Crippen molar-refractivity contribution in [2.24, 2.45) is 0 Å². The molecule has 0 spiro atoms. The van der Waals surface area contributed by atoms with Gasteiger partial charge in [0.05, 0.1) is 22.9 Å². The normalized spacial score (nSPS) is 23.9. The first-order valence-corrected chi connectivity index (χ1v) is 14.5. The van der Waals surface area contributed by atoms with Crippen molar-refractivity contribution in [1.29, 1.82) is 0 Å². The number of aromatic nitrogens is 2. The highest BCUT2D eigenvalue weighted by Gasteiger charge is 2.39. The Bertz CT molecular complexity index is 1460. The molecule has 3 fully saturated rings. The van der Waals surface area contributed by atoms with Crippen molar-refractivity contribution >= 4 is 21.6 Å². The van der Waals surface area contributed by atoms with Crippen molar-refractivity contribution in [2.75, 3.05) is 0 Å². The molecule has 7 nitrogen and oxygen atoms in total. The highest BCUT2D eigenvalue weighted by atomic mass is 32.1. The Labute approximate surface area is 225 Å². The second-order valence-corrected chi connectivity index (χ2v) is 12.2. The number of hydrogen-bond donors (Lipinski definition) is 3. The topological polar surface area (TPSA) is 109 Å². The second kappa shape index (κ2) is 9.54. The van der Waals surface area contributed by atoms with Crippen molar-refractivity contribution in [2.45, 2.75) is 87.8 Å². The third-order valence-corrected chi connectivity index (χ3v) is 9.54. The Morgan fingerprint density at radius 2 is 1.76 bits per heavy atom. The summed E-state index contributed by atoms with van der Waals surface area (Å²) in [5, 5.41) is 35.7. The van der Waals surface area contributed by atoms with Crippen molar-refractivity contribution in [3.05, 3.63) is 69.9 Å². The van der Waals surface area contributed by atoms with Crippen LogP contribution in [0.3, 0.4) is 0 Å².